The monoisotopic (exact) mass is 219 g/mol. The molecule has 0 saturated heterocycles. The lowest BCUT2D eigenvalue weighted by Crippen LogP contribution is -2.43. The Morgan fingerprint density at radius 3 is 2.50 bits per heavy atom. The number of hydrogen-bond donors (Lipinski definition) is 2. The van der Waals surface area contributed by atoms with Gasteiger partial charge in [-0.2, -0.15) is 0 Å². The largest absolute Gasteiger partial charge is 0.396 e. The van der Waals surface area contributed by atoms with Gasteiger partial charge in [-0.25, -0.2) is 0 Å². The summed E-state index contributed by atoms with van der Waals surface area (Å²) in [5.41, 5.74) is 1.58. The summed E-state index contributed by atoms with van der Waals surface area (Å²) < 4.78 is 0. The summed E-state index contributed by atoms with van der Waals surface area (Å²) in [4.78, 5) is 0. The number of rotatable bonds is 6. The predicted octanol–water partition coefficient (Wildman–Crippen LogP) is 1.98. The second kappa shape index (κ2) is 5.46. The first-order valence-corrected chi connectivity index (χ1v) is 6.20. The Morgan fingerprint density at radius 1 is 1.19 bits per heavy atom. The highest BCUT2D eigenvalue weighted by Gasteiger charge is 2.35. The number of hydrogen-bond acceptors (Lipinski definition) is 2. The molecule has 0 unspecified atom stereocenters. The summed E-state index contributed by atoms with van der Waals surface area (Å²) >= 11 is 0. The van der Waals surface area contributed by atoms with Crippen molar-refractivity contribution < 1.29 is 5.11 Å². The van der Waals surface area contributed by atoms with Crippen LogP contribution in [0, 0.1) is 5.41 Å². The minimum Gasteiger partial charge on any atom is -0.396 e. The van der Waals surface area contributed by atoms with Crippen molar-refractivity contribution in [2.24, 2.45) is 5.41 Å². The van der Waals surface area contributed by atoms with Crippen LogP contribution in [0.1, 0.15) is 24.8 Å². The minimum absolute atomic E-state index is 0.205. The molecule has 0 aliphatic heterocycles. The maximum atomic E-state index is 9.31. The zero-order chi connectivity index (χ0) is 11.3. The third-order valence-corrected chi connectivity index (χ3v) is 3.68. The van der Waals surface area contributed by atoms with E-state index in [1.165, 1.54) is 24.8 Å². The van der Waals surface area contributed by atoms with Gasteiger partial charge in [-0.1, -0.05) is 36.8 Å². The molecule has 2 rings (SSSR count). The maximum absolute atomic E-state index is 9.31. The fourth-order valence-electron chi connectivity index (χ4n) is 2.30. The average molecular weight is 219 g/mol. The lowest BCUT2D eigenvalue weighted by molar-refractivity contribution is 0.0451. The van der Waals surface area contributed by atoms with Crippen molar-refractivity contribution in [3.8, 4) is 0 Å². The number of nitrogens with one attached hydrogen (secondary N) is 1. The van der Waals surface area contributed by atoms with E-state index in [0.717, 1.165) is 19.5 Å². The fourth-order valence-corrected chi connectivity index (χ4v) is 2.30. The molecule has 0 bridgehead atoms. The molecule has 0 heterocycles. The number of aliphatic hydroxyl groups is 1. The van der Waals surface area contributed by atoms with E-state index in [9.17, 15) is 5.11 Å². The molecular formula is C14H21NO. The molecule has 2 nitrogen and oxygen atoms in total. The molecule has 1 aromatic rings. The molecule has 1 aliphatic carbocycles. The van der Waals surface area contributed by atoms with Gasteiger partial charge >= 0.3 is 0 Å². The molecule has 2 heteroatoms. The third-order valence-electron chi connectivity index (χ3n) is 3.68. The quantitative estimate of drug-likeness (QED) is 0.717. The van der Waals surface area contributed by atoms with Crippen LogP contribution in [0.25, 0.3) is 0 Å². The number of benzene rings is 1. The third kappa shape index (κ3) is 2.83. The van der Waals surface area contributed by atoms with Crippen molar-refractivity contribution in [2.75, 3.05) is 19.7 Å². The van der Waals surface area contributed by atoms with Crippen molar-refractivity contribution in [3.05, 3.63) is 35.9 Å². The Balaban J connectivity index is 1.65. The van der Waals surface area contributed by atoms with Crippen LogP contribution < -0.4 is 5.32 Å². The zero-order valence-electron chi connectivity index (χ0n) is 9.78. The van der Waals surface area contributed by atoms with E-state index in [4.69, 9.17) is 0 Å². The van der Waals surface area contributed by atoms with Gasteiger partial charge in [0, 0.05) is 18.6 Å². The average Bonchev–Trinajstić information content (AvgIpc) is 2.29. The molecule has 1 saturated carbocycles. The second-order valence-corrected chi connectivity index (χ2v) is 4.92. The SMILES string of the molecule is OCC1(CNCCc2ccccc2)CCC1. The molecule has 0 amide bonds. The zero-order valence-corrected chi connectivity index (χ0v) is 9.78. The highest BCUT2D eigenvalue weighted by Crippen LogP contribution is 2.39. The summed E-state index contributed by atoms with van der Waals surface area (Å²) in [5.74, 6) is 0. The lowest BCUT2D eigenvalue weighted by atomic mass is 9.69. The molecule has 0 spiro atoms. The summed E-state index contributed by atoms with van der Waals surface area (Å²) in [5, 5.41) is 12.8. The molecule has 1 fully saturated rings. The number of aliphatic hydroxyl groups excluding tert-OH is 1. The predicted molar refractivity (Wildman–Crippen MR) is 66.4 cm³/mol. The van der Waals surface area contributed by atoms with Crippen LogP contribution in [0.4, 0.5) is 0 Å². The topological polar surface area (TPSA) is 32.3 Å². The molecule has 2 N–H and O–H groups in total. The highest BCUT2D eigenvalue weighted by atomic mass is 16.3. The van der Waals surface area contributed by atoms with Gasteiger partial charge in [0.15, 0.2) is 0 Å². The summed E-state index contributed by atoms with van der Waals surface area (Å²) in [6.07, 6.45) is 4.72. The fraction of sp³-hybridized carbons (Fsp3) is 0.571. The Kier molecular flexibility index (Phi) is 3.97. The molecule has 1 aliphatic rings. The van der Waals surface area contributed by atoms with Crippen LogP contribution >= 0.6 is 0 Å². The minimum atomic E-state index is 0.205. The Labute approximate surface area is 97.7 Å². The maximum Gasteiger partial charge on any atom is 0.0499 e. The van der Waals surface area contributed by atoms with Gasteiger partial charge in [0.1, 0.15) is 0 Å². The van der Waals surface area contributed by atoms with Gasteiger partial charge in [0.2, 0.25) is 0 Å². The highest BCUT2D eigenvalue weighted by molar-refractivity contribution is 5.14. The normalized spacial score (nSPS) is 18.1. The van der Waals surface area contributed by atoms with Crippen LogP contribution in [-0.2, 0) is 6.42 Å². The van der Waals surface area contributed by atoms with Crippen molar-refractivity contribution in [1.82, 2.24) is 5.32 Å². The van der Waals surface area contributed by atoms with Gasteiger partial charge in [0.05, 0.1) is 0 Å². The van der Waals surface area contributed by atoms with Crippen LogP contribution in [0.15, 0.2) is 30.3 Å². The van der Waals surface area contributed by atoms with Crippen molar-refractivity contribution in [3.63, 3.8) is 0 Å². The molecule has 0 atom stereocenters. The van der Waals surface area contributed by atoms with Crippen molar-refractivity contribution in [2.45, 2.75) is 25.7 Å². The van der Waals surface area contributed by atoms with Gasteiger partial charge in [-0.05, 0) is 31.4 Å². The Hall–Kier alpha value is -0.860. The first kappa shape index (κ1) is 11.6. The lowest BCUT2D eigenvalue weighted by Gasteiger charge is -2.40. The van der Waals surface area contributed by atoms with E-state index in [0.29, 0.717) is 6.61 Å². The standard InChI is InChI=1S/C14H21NO/c16-12-14(8-4-9-14)11-15-10-7-13-5-2-1-3-6-13/h1-3,5-6,15-16H,4,7-12H2. The van der Waals surface area contributed by atoms with E-state index in [-0.39, 0.29) is 5.41 Å². The van der Waals surface area contributed by atoms with Crippen molar-refractivity contribution in [1.29, 1.82) is 0 Å². The van der Waals surface area contributed by atoms with E-state index in [1.54, 1.807) is 0 Å². The van der Waals surface area contributed by atoms with E-state index >= 15 is 0 Å². The second-order valence-electron chi connectivity index (χ2n) is 4.92. The van der Waals surface area contributed by atoms with Crippen molar-refractivity contribution >= 4 is 0 Å². The molecule has 16 heavy (non-hydrogen) atoms. The van der Waals surface area contributed by atoms with Gasteiger partial charge in [-0.15, -0.1) is 0 Å². The van der Waals surface area contributed by atoms with E-state index in [2.05, 4.69) is 29.6 Å². The van der Waals surface area contributed by atoms with E-state index in [1.807, 2.05) is 6.07 Å². The van der Waals surface area contributed by atoms with Gasteiger partial charge in [0.25, 0.3) is 0 Å². The Morgan fingerprint density at radius 2 is 1.94 bits per heavy atom. The molecule has 0 aromatic heterocycles. The van der Waals surface area contributed by atoms with Crippen LogP contribution in [0.2, 0.25) is 0 Å². The Bertz CT molecular complexity index is 300. The molecule has 88 valence electrons. The smallest absolute Gasteiger partial charge is 0.0499 e. The van der Waals surface area contributed by atoms with Crippen LogP contribution in [-0.4, -0.2) is 24.8 Å². The van der Waals surface area contributed by atoms with Crippen LogP contribution in [0.5, 0.6) is 0 Å². The molecular weight excluding hydrogens is 198 g/mol. The summed E-state index contributed by atoms with van der Waals surface area (Å²) in [6, 6.07) is 10.5. The van der Waals surface area contributed by atoms with E-state index < -0.39 is 0 Å². The summed E-state index contributed by atoms with van der Waals surface area (Å²) in [6.45, 7) is 2.31. The van der Waals surface area contributed by atoms with Crippen LogP contribution in [0.3, 0.4) is 0 Å². The van der Waals surface area contributed by atoms with Gasteiger partial charge < -0.3 is 10.4 Å². The first-order chi connectivity index (χ1) is 7.85. The van der Waals surface area contributed by atoms with Gasteiger partial charge in [-0.3, -0.25) is 0 Å². The first-order valence-electron chi connectivity index (χ1n) is 6.20. The summed E-state index contributed by atoms with van der Waals surface area (Å²) in [7, 11) is 0. The molecule has 1 aromatic carbocycles. The molecule has 0 radical (unpaired) electrons.